The molecule has 0 aliphatic carbocycles. The van der Waals surface area contributed by atoms with Crippen molar-refractivity contribution in [3.63, 3.8) is 0 Å². The Kier molecular flexibility index (Phi) is 2.87. The topological polar surface area (TPSA) is 53.4 Å². The third-order valence-corrected chi connectivity index (χ3v) is 2.99. The van der Waals surface area contributed by atoms with Gasteiger partial charge in [0.15, 0.2) is 0 Å². The Morgan fingerprint density at radius 2 is 2.31 bits per heavy atom. The second kappa shape index (κ2) is 4.17. The second-order valence-corrected chi connectivity index (χ2v) is 4.07. The lowest BCUT2D eigenvalue weighted by Gasteiger charge is -2.40. The Labute approximate surface area is 92.7 Å². The fourth-order valence-corrected chi connectivity index (χ4v) is 1.81. The number of rotatable bonds is 3. The van der Waals surface area contributed by atoms with Gasteiger partial charge < -0.3 is 5.11 Å². The van der Waals surface area contributed by atoms with E-state index in [0.717, 1.165) is 5.69 Å². The summed E-state index contributed by atoms with van der Waals surface area (Å²) in [5.74, 6) is -1.39. The van der Waals surface area contributed by atoms with E-state index >= 15 is 0 Å². The molecule has 0 saturated carbocycles. The normalized spacial score (nSPS) is 19.1. The molecule has 2 rings (SSSR count). The number of hydrogen-bond acceptors (Lipinski definition) is 3. The van der Waals surface area contributed by atoms with Crippen LogP contribution in [0.25, 0.3) is 0 Å². The highest BCUT2D eigenvalue weighted by Crippen LogP contribution is 2.27. The van der Waals surface area contributed by atoms with E-state index in [1.807, 2.05) is 11.8 Å². The largest absolute Gasteiger partial charge is 0.481 e. The minimum absolute atomic E-state index is 0.0381. The van der Waals surface area contributed by atoms with Crippen LogP contribution >= 0.6 is 0 Å². The SMILES string of the molecule is CC(c1ccc(F)cn1)N1CC(C(=O)O)C1. The van der Waals surface area contributed by atoms with Gasteiger partial charge >= 0.3 is 5.97 Å². The zero-order valence-electron chi connectivity index (χ0n) is 8.93. The predicted octanol–water partition coefficient (Wildman–Crippen LogP) is 1.30. The van der Waals surface area contributed by atoms with E-state index in [1.54, 1.807) is 6.07 Å². The first-order chi connectivity index (χ1) is 7.58. The van der Waals surface area contributed by atoms with Gasteiger partial charge in [-0.25, -0.2) is 4.39 Å². The molecular weight excluding hydrogens is 211 g/mol. The summed E-state index contributed by atoms with van der Waals surface area (Å²) in [6.45, 7) is 3.02. The van der Waals surface area contributed by atoms with Crippen LogP contribution in [-0.2, 0) is 4.79 Å². The number of carboxylic acid groups (broad SMARTS) is 1. The van der Waals surface area contributed by atoms with Crippen molar-refractivity contribution in [2.45, 2.75) is 13.0 Å². The third-order valence-electron chi connectivity index (χ3n) is 2.99. The summed E-state index contributed by atoms with van der Waals surface area (Å²) in [4.78, 5) is 16.6. The van der Waals surface area contributed by atoms with Gasteiger partial charge in [-0.05, 0) is 19.1 Å². The Balaban J connectivity index is 1.97. The van der Waals surface area contributed by atoms with Gasteiger partial charge in [0.05, 0.1) is 17.8 Å². The first kappa shape index (κ1) is 11.0. The number of hydrogen-bond donors (Lipinski definition) is 1. The molecule has 16 heavy (non-hydrogen) atoms. The summed E-state index contributed by atoms with van der Waals surface area (Å²) < 4.78 is 12.7. The molecule has 0 radical (unpaired) electrons. The summed E-state index contributed by atoms with van der Waals surface area (Å²) >= 11 is 0. The molecule has 1 unspecified atom stereocenters. The van der Waals surface area contributed by atoms with Gasteiger partial charge in [-0.3, -0.25) is 14.7 Å². The van der Waals surface area contributed by atoms with Gasteiger partial charge in [0.25, 0.3) is 0 Å². The van der Waals surface area contributed by atoms with Crippen LogP contribution in [0.4, 0.5) is 4.39 Å². The zero-order chi connectivity index (χ0) is 11.7. The van der Waals surface area contributed by atoms with Crippen LogP contribution in [0.15, 0.2) is 18.3 Å². The van der Waals surface area contributed by atoms with Crippen LogP contribution in [0, 0.1) is 11.7 Å². The van der Waals surface area contributed by atoms with Crippen molar-refractivity contribution < 1.29 is 14.3 Å². The lowest BCUT2D eigenvalue weighted by atomic mass is 9.97. The second-order valence-electron chi connectivity index (χ2n) is 4.07. The lowest BCUT2D eigenvalue weighted by Crippen LogP contribution is -2.51. The van der Waals surface area contributed by atoms with Gasteiger partial charge in [-0.2, -0.15) is 0 Å². The first-order valence-electron chi connectivity index (χ1n) is 5.16. The molecule has 0 amide bonds. The summed E-state index contributed by atoms with van der Waals surface area (Å²) in [7, 11) is 0. The molecule has 1 aromatic rings. The quantitative estimate of drug-likeness (QED) is 0.840. The van der Waals surface area contributed by atoms with Crippen molar-refractivity contribution in [2.75, 3.05) is 13.1 Å². The Morgan fingerprint density at radius 3 is 2.81 bits per heavy atom. The number of carbonyl (C=O) groups is 1. The number of likely N-dealkylation sites (tertiary alicyclic amines) is 1. The van der Waals surface area contributed by atoms with Gasteiger partial charge in [0, 0.05) is 19.1 Å². The Bertz CT molecular complexity index is 387. The number of aromatic nitrogens is 1. The molecule has 0 spiro atoms. The van der Waals surface area contributed by atoms with Gasteiger partial charge in [0.1, 0.15) is 5.82 Å². The van der Waals surface area contributed by atoms with Crippen LogP contribution in [0.1, 0.15) is 18.7 Å². The lowest BCUT2D eigenvalue weighted by molar-refractivity contribution is -0.148. The van der Waals surface area contributed by atoms with Crippen molar-refractivity contribution in [1.82, 2.24) is 9.88 Å². The van der Waals surface area contributed by atoms with E-state index in [9.17, 15) is 9.18 Å². The average molecular weight is 224 g/mol. The Hall–Kier alpha value is -1.49. The molecule has 1 aromatic heterocycles. The molecule has 4 nitrogen and oxygen atoms in total. The summed E-state index contributed by atoms with van der Waals surface area (Å²) in [6.07, 6.45) is 1.18. The maximum absolute atomic E-state index is 12.7. The number of carboxylic acids is 1. The molecule has 2 heterocycles. The minimum Gasteiger partial charge on any atom is -0.481 e. The highest BCUT2D eigenvalue weighted by atomic mass is 19.1. The van der Waals surface area contributed by atoms with E-state index in [1.165, 1.54) is 12.3 Å². The highest BCUT2D eigenvalue weighted by Gasteiger charge is 2.35. The predicted molar refractivity (Wildman–Crippen MR) is 55.3 cm³/mol. The molecule has 1 fully saturated rings. The Morgan fingerprint density at radius 1 is 1.62 bits per heavy atom. The van der Waals surface area contributed by atoms with Crippen molar-refractivity contribution in [3.8, 4) is 0 Å². The van der Waals surface area contributed by atoms with Crippen molar-refractivity contribution in [3.05, 3.63) is 29.8 Å². The molecule has 1 aliphatic heterocycles. The molecule has 1 saturated heterocycles. The summed E-state index contributed by atoms with van der Waals surface area (Å²) in [6, 6.07) is 3.04. The summed E-state index contributed by atoms with van der Waals surface area (Å²) in [5, 5.41) is 8.75. The van der Waals surface area contributed by atoms with Crippen molar-refractivity contribution >= 4 is 5.97 Å². The van der Waals surface area contributed by atoms with Crippen molar-refractivity contribution in [1.29, 1.82) is 0 Å². The third kappa shape index (κ3) is 2.04. The van der Waals surface area contributed by atoms with Gasteiger partial charge in [-0.15, -0.1) is 0 Å². The number of pyridine rings is 1. The summed E-state index contributed by atoms with van der Waals surface area (Å²) in [5.41, 5.74) is 0.769. The monoisotopic (exact) mass is 224 g/mol. The van der Waals surface area contributed by atoms with Crippen LogP contribution in [-0.4, -0.2) is 34.0 Å². The number of nitrogens with zero attached hydrogens (tertiary/aromatic N) is 2. The maximum Gasteiger partial charge on any atom is 0.309 e. The first-order valence-corrected chi connectivity index (χ1v) is 5.16. The maximum atomic E-state index is 12.7. The molecule has 5 heteroatoms. The molecule has 1 N–H and O–H groups in total. The molecule has 0 bridgehead atoms. The van der Waals surface area contributed by atoms with E-state index < -0.39 is 5.97 Å². The van der Waals surface area contributed by atoms with Crippen LogP contribution in [0.2, 0.25) is 0 Å². The van der Waals surface area contributed by atoms with Crippen LogP contribution < -0.4 is 0 Å². The number of halogens is 1. The smallest absolute Gasteiger partial charge is 0.309 e. The molecule has 86 valence electrons. The van der Waals surface area contributed by atoms with E-state index in [0.29, 0.717) is 13.1 Å². The van der Waals surface area contributed by atoms with E-state index in [2.05, 4.69) is 4.98 Å². The minimum atomic E-state index is -0.754. The fourth-order valence-electron chi connectivity index (χ4n) is 1.81. The zero-order valence-corrected chi connectivity index (χ0v) is 8.93. The highest BCUT2D eigenvalue weighted by molar-refractivity contribution is 5.71. The number of aliphatic carboxylic acids is 1. The molecule has 0 aromatic carbocycles. The standard InChI is InChI=1S/C11H13FN2O2/c1-7(10-3-2-9(12)4-13-10)14-5-8(6-14)11(15)16/h2-4,7-8H,5-6H2,1H3,(H,15,16). The molecule has 1 atom stereocenters. The van der Waals surface area contributed by atoms with Crippen molar-refractivity contribution in [2.24, 2.45) is 5.92 Å². The molecular formula is C11H13FN2O2. The van der Waals surface area contributed by atoms with Gasteiger partial charge in [-0.1, -0.05) is 0 Å². The van der Waals surface area contributed by atoms with Gasteiger partial charge in [0.2, 0.25) is 0 Å². The molecule has 1 aliphatic rings. The van der Waals surface area contributed by atoms with E-state index in [-0.39, 0.29) is 17.8 Å². The fraction of sp³-hybridized carbons (Fsp3) is 0.455. The van der Waals surface area contributed by atoms with E-state index in [4.69, 9.17) is 5.11 Å². The van der Waals surface area contributed by atoms with Crippen LogP contribution in [0.5, 0.6) is 0 Å². The average Bonchev–Trinajstić information content (AvgIpc) is 2.15. The van der Waals surface area contributed by atoms with Crippen LogP contribution in [0.3, 0.4) is 0 Å².